The van der Waals surface area contributed by atoms with Crippen LogP contribution >= 0.6 is 0 Å². The van der Waals surface area contributed by atoms with Crippen LogP contribution in [0.15, 0.2) is 48.9 Å². The van der Waals surface area contributed by atoms with Crippen molar-refractivity contribution < 1.29 is 38.4 Å². The highest BCUT2D eigenvalue weighted by atomic mass is 16.6. The summed E-state index contributed by atoms with van der Waals surface area (Å²) >= 11 is 0. The molecule has 0 saturated carbocycles. The average Bonchev–Trinajstić information content (AvgIpc) is 2.91. The molecule has 3 rings (SSSR count). The van der Waals surface area contributed by atoms with Crippen LogP contribution in [-0.4, -0.2) is 63.2 Å². The van der Waals surface area contributed by atoms with E-state index in [1.165, 1.54) is 18.6 Å². The van der Waals surface area contributed by atoms with Crippen LogP contribution in [0.4, 0.5) is 0 Å². The maximum atomic E-state index is 13.8. The Morgan fingerprint density at radius 2 is 1.88 bits per heavy atom. The second-order valence-corrected chi connectivity index (χ2v) is 10.4. The molecule has 1 saturated heterocycles. The van der Waals surface area contributed by atoms with Gasteiger partial charge in [0.15, 0.2) is 11.6 Å². The Balaban J connectivity index is 1.89. The monoisotopic (exact) mass is 551 g/mol. The van der Waals surface area contributed by atoms with E-state index in [1.54, 1.807) is 6.92 Å². The Morgan fingerprint density at radius 3 is 2.48 bits per heavy atom. The maximum Gasteiger partial charge on any atom is 0.531 e. The topological polar surface area (TPSA) is 162 Å². The SMILES string of the molecule is CCC(=O)[C@]1(CC(=O)O)CC(=O)OB([C@@H](CC(=O)[C@H](Cc2ccccc2)NC(=O)c2cnccn2)CC(C)C)O1. The summed E-state index contributed by atoms with van der Waals surface area (Å²) in [5.41, 5.74) is -1.01. The summed E-state index contributed by atoms with van der Waals surface area (Å²) < 4.78 is 11.5. The summed E-state index contributed by atoms with van der Waals surface area (Å²) in [4.78, 5) is 71.7. The third kappa shape index (κ3) is 8.29. The Hall–Kier alpha value is -3.93. The number of hydrogen-bond acceptors (Lipinski definition) is 9. The molecule has 1 aliphatic rings. The largest absolute Gasteiger partial charge is 0.531 e. The number of aliphatic carboxylic acids is 1. The van der Waals surface area contributed by atoms with Crippen LogP contribution in [0.25, 0.3) is 0 Å². The average molecular weight is 551 g/mol. The standard InChI is InChI=1S/C28H34BN3O8/c1-4-24(34)28(15-25(35)36)16-26(37)39-29(40-28)20(12-18(2)3)14-23(33)21(13-19-8-6-5-7-9-19)32-27(38)22-17-30-10-11-31-22/h5-11,17-18,20-21H,4,12-16H2,1-3H3,(H,32,38)(H,35,36)/t20-,21+,28+/m1/s1. The molecule has 2 heterocycles. The molecule has 12 heteroatoms. The molecule has 1 aromatic carbocycles. The molecule has 1 aromatic heterocycles. The fraction of sp³-hybridized carbons (Fsp3) is 0.464. The van der Waals surface area contributed by atoms with E-state index in [2.05, 4.69) is 15.3 Å². The van der Waals surface area contributed by atoms with Crippen molar-refractivity contribution in [3.8, 4) is 0 Å². The quantitative estimate of drug-likeness (QED) is 0.334. The number of carbonyl (C=O) groups excluding carboxylic acids is 4. The van der Waals surface area contributed by atoms with Crippen LogP contribution in [-0.2, 0) is 34.9 Å². The van der Waals surface area contributed by atoms with Crippen molar-refractivity contribution >= 4 is 36.5 Å². The number of aromatic nitrogens is 2. The van der Waals surface area contributed by atoms with Crippen LogP contribution in [0.3, 0.4) is 0 Å². The number of amides is 1. The third-order valence-electron chi connectivity index (χ3n) is 6.68. The molecule has 11 nitrogen and oxygen atoms in total. The Labute approximate surface area is 233 Å². The fourth-order valence-electron chi connectivity index (χ4n) is 4.86. The zero-order valence-electron chi connectivity index (χ0n) is 22.9. The van der Waals surface area contributed by atoms with Gasteiger partial charge in [0.25, 0.3) is 11.9 Å². The molecule has 0 radical (unpaired) electrons. The normalized spacial score (nSPS) is 18.5. The lowest BCUT2D eigenvalue weighted by molar-refractivity contribution is -0.163. The zero-order valence-corrected chi connectivity index (χ0v) is 22.9. The molecular formula is C28H34BN3O8. The van der Waals surface area contributed by atoms with E-state index in [0.29, 0.717) is 6.42 Å². The first kappa shape index (κ1) is 30.6. The minimum atomic E-state index is -1.87. The molecule has 3 atom stereocenters. The van der Waals surface area contributed by atoms with Gasteiger partial charge in [0.2, 0.25) is 0 Å². The lowest BCUT2D eigenvalue weighted by Crippen LogP contribution is -2.56. The second kappa shape index (κ2) is 13.9. The van der Waals surface area contributed by atoms with Gasteiger partial charge in [0.05, 0.1) is 25.1 Å². The van der Waals surface area contributed by atoms with Crippen molar-refractivity contribution in [1.82, 2.24) is 15.3 Å². The molecule has 0 aliphatic carbocycles. The Kier molecular flexibility index (Phi) is 10.7. The molecular weight excluding hydrogens is 517 g/mol. The predicted molar refractivity (Wildman–Crippen MR) is 144 cm³/mol. The number of ketones is 2. The van der Waals surface area contributed by atoms with Gasteiger partial charge in [-0.15, -0.1) is 0 Å². The highest BCUT2D eigenvalue weighted by molar-refractivity contribution is 6.50. The molecule has 0 bridgehead atoms. The Bertz CT molecular complexity index is 1210. The summed E-state index contributed by atoms with van der Waals surface area (Å²) in [6.07, 6.45) is 3.27. The van der Waals surface area contributed by atoms with Gasteiger partial charge in [-0.25, -0.2) is 4.98 Å². The van der Waals surface area contributed by atoms with Gasteiger partial charge in [0, 0.05) is 31.1 Å². The van der Waals surface area contributed by atoms with Gasteiger partial charge >= 0.3 is 13.1 Å². The van der Waals surface area contributed by atoms with Crippen molar-refractivity contribution in [1.29, 1.82) is 0 Å². The van der Waals surface area contributed by atoms with E-state index in [9.17, 15) is 29.1 Å². The van der Waals surface area contributed by atoms with Crippen LogP contribution in [0.5, 0.6) is 0 Å². The van der Waals surface area contributed by atoms with Crippen molar-refractivity contribution in [2.45, 2.75) is 76.8 Å². The third-order valence-corrected chi connectivity index (χ3v) is 6.68. The van der Waals surface area contributed by atoms with E-state index in [0.717, 1.165) is 5.56 Å². The van der Waals surface area contributed by atoms with Crippen LogP contribution in [0.2, 0.25) is 5.82 Å². The maximum absolute atomic E-state index is 13.8. The number of rotatable bonds is 14. The van der Waals surface area contributed by atoms with Crippen molar-refractivity contribution in [2.24, 2.45) is 5.92 Å². The van der Waals surface area contributed by atoms with E-state index in [4.69, 9.17) is 9.31 Å². The number of carboxylic acids is 1. The van der Waals surface area contributed by atoms with Gasteiger partial charge in [0.1, 0.15) is 11.3 Å². The van der Waals surface area contributed by atoms with Gasteiger partial charge in [-0.2, -0.15) is 0 Å². The summed E-state index contributed by atoms with van der Waals surface area (Å²) in [6, 6.07) is 8.21. The molecule has 1 aliphatic heterocycles. The van der Waals surface area contributed by atoms with Crippen LogP contribution < -0.4 is 5.32 Å². The summed E-state index contributed by atoms with van der Waals surface area (Å²) in [7, 11) is -1.31. The second-order valence-electron chi connectivity index (χ2n) is 10.4. The number of carboxylic acid groups (broad SMARTS) is 1. The zero-order chi connectivity index (χ0) is 29.3. The number of Topliss-reactive ketones (excluding diaryl/α,β-unsaturated/α-hetero) is 2. The molecule has 1 amide bonds. The Morgan fingerprint density at radius 1 is 1.15 bits per heavy atom. The lowest BCUT2D eigenvalue weighted by Gasteiger charge is -2.39. The number of nitrogens with zero attached hydrogens (tertiary/aromatic N) is 2. The number of carbonyl (C=O) groups is 5. The summed E-state index contributed by atoms with van der Waals surface area (Å²) in [6.45, 7) is 5.40. The summed E-state index contributed by atoms with van der Waals surface area (Å²) in [5, 5.41) is 12.2. The van der Waals surface area contributed by atoms with E-state index in [1.807, 2.05) is 44.2 Å². The predicted octanol–water partition coefficient (Wildman–Crippen LogP) is 2.84. The molecule has 2 aromatic rings. The smallest absolute Gasteiger partial charge is 0.509 e. The van der Waals surface area contributed by atoms with Gasteiger partial charge in [-0.1, -0.05) is 51.1 Å². The molecule has 40 heavy (non-hydrogen) atoms. The van der Waals surface area contributed by atoms with Crippen molar-refractivity contribution in [3.05, 3.63) is 60.2 Å². The first-order valence-electron chi connectivity index (χ1n) is 13.3. The fourth-order valence-corrected chi connectivity index (χ4v) is 4.86. The lowest BCUT2D eigenvalue weighted by atomic mass is 9.63. The van der Waals surface area contributed by atoms with E-state index >= 15 is 0 Å². The van der Waals surface area contributed by atoms with E-state index < -0.39 is 61.0 Å². The molecule has 0 spiro atoms. The molecule has 212 valence electrons. The van der Waals surface area contributed by atoms with Crippen molar-refractivity contribution in [3.63, 3.8) is 0 Å². The highest BCUT2D eigenvalue weighted by Crippen LogP contribution is 2.37. The number of nitrogens with one attached hydrogen (secondary N) is 1. The summed E-state index contributed by atoms with van der Waals surface area (Å²) in [5.74, 6) is -4.15. The first-order chi connectivity index (χ1) is 19.0. The van der Waals surface area contributed by atoms with Gasteiger partial charge < -0.3 is 19.7 Å². The minimum Gasteiger partial charge on any atom is -0.509 e. The first-order valence-corrected chi connectivity index (χ1v) is 13.3. The molecule has 0 unspecified atom stereocenters. The molecule has 2 N–H and O–H groups in total. The molecule has 1 fully saturated rings. The van der Waals surface area contributed by atoms with Crippen LogP contribution in [0.1, 0.15) is 68.9 Å². The van der Waals surface area contributed by atoms with Gasteiger partial charge in [-0.3, -0.25) is 29.0 Å². The van der Waals surface area contributed by atoms with Gasteiger partial charge in [-0.05, 0) is 24.3 Å². The van der Waals surface area contributed by atoms with E-state index in [-0.39, 0.29) is 36.7 Å². The number of benzene rings is 1. The minimum absolute atomic E-state index is 0.0331. The number of hydrogen-bond donors (Lipinski definition) is 2. The highest BCUT2D eigenvalue weighted by Gasteiger charge is 2.53. The van der Waals surface area contributed by atoms with Crippen LogP contribution in [0, 0.1) is 5.92 Å². The van der Waals surface area contributed by atoms with Crippen molar-refractivity contribution in [2.75, 3.05) is 0 Å².